The maximum absolute atomic E-state index is 14.4. The Labute approximate surface area is 811 Å². The van der Waals surface area contributed by atoms with E-state index in [0.717, 1.165) is 185 Å². The fraction of sp³-hybridized carbons (Fsp3) is 0.347. The SMILES string of the molecule is CC(C)(C)OC(=O)c1ccc2nc(CCl)n(C[C@@H]3CCO3)c2c1.CC(C)(C)OC(=O)c1ccc2nc(CN3CC=C(c4cc5[nH]cnc5c(OCc5ccc(Cl)cc5F)n4)CC3)n(C[C@@H]3CCO3)c2c1.Fc1cc(Cl)ccc1COc1nc(C2=CCNCC2)cc2[nH]cnc12.O=C(O)c1ccc2nc(CN3CC=C(c4cc5[nH]cnc5c(OCc5ccc(Cl)cc5F)n4)CC3)n(C[C@@H]3CCO3)c2c1. The monoisotopic (exact) mass is 1950 g/mol. The van der Waals surface area contributed by atoms with Gasteiger partial charge in [-0.25, -0.2) is 72.4 Å². The third-order valence-electron chi connectivity index (χ3n) is 24.3. The average Bonchev–Trinajstić information content (AvgIpc) is 1.60. The van der Waals surface area contributed by atoms with E-state index in [2.05, 4.69) is 82.4 Å². The van der Waals surface area contributed by atoms with Crippen molar-refractivity contribution in [3.8, 4) is 17.6 Å². The fourth-order valence-electron chi connectivity index (χ4n) is 16.8. The summed E-state index contributed by atoms with van der Waals surface area (Å²) in [6.45, 7) is 21.5. The largest absolute Gasteiger partial charge is 0.478 e. The quantitative estimate of drug-likeness (QED) is 0.0248. The van der Waals surface area contributed by atoms with Crippen molar-refractivity contribution >= 4 is 147 Å². The second-order valence-corrected chi connectivity index (χ2v) is 37.9. The molecule has 3 atom stereocenters. The van der Waals surface area contributed by atoms with Gasteiger partial charge in [0, 0.05) is 84.3 Å². The van der Waals surface area contributed by atoms with Crippen molar-refractivity contribution in [2.24, 2.45) is 0 Å². The smallest absolute Gasteiger partial charge is 0.338 e. The highest BCUT2D eigenvalue weighted by atomic mass is 35.5. The van der Waals surface area contributed by atoms with Gasteiger partial charge in [-0.15, -0.1) is 11.6 Å². The maximum Gasteiger partial charge on any atom is 0.338 e. The number of fused-ring (bicyclic) bond motifs is 6. The first-order valence-corrected chi connectivity index (χ1v) is 47.3. The summed E-state index contributed by atoms with van der Waals surface area (Å²) in [5.41, 5.74) is 16.3. The van der Waals surface area contributed by atoms with Gasteiger partial charge in [-0.05, 0) is 213 Å². The van der Waals surface area contributed by atoms with Gasteiger partial charge < -0.3 is 77.0 Å². The molecule has 15 aromatic rings. The van der Waals surface area contributed by atoms with E-state index in [0.29, 0.717) is 129 Å². The van der Waals surface area contributed by atoms with Crippen LogP contribution in [-0.4, -0.2) is 195 Å². The van der Waals surface area contributed by atoms with Crippen LogP contribution in [0.5, 0.6) is 17.6 Å². The van der Waals surface area contributed by atoms with E-state index in [1.807, 2.05) is 88.6 Å². The van der Waals surface area contributed by atoms with Crippen molar-refractivity contribution in [1.29, 1.82) is 0 Å². The summed E-state index contributed by atoms with van der Waals surface area (Å²) < 4.78 is 94.8. The second kappa shape index (κ2) is 41.9. The van der Waals surface area contributed by atoms with Crippen molar-refractivity contribution in [2.45, 2.75) is 168 Å². The number of imidazole rings is 6. The second-order valence-electron chi connectivity index (χ2n) is 36.3. The number of pyridine rings is 3. The Morgan fingerprint density at radius 1 is 0.457 bits per heavy atom. The van der Waals surface area contributed by atoms with Crippen LogP contribution in [0.1, 0.15) is 162 Å². The summed E-state index contributed by atoms with van der Waals surface area (Å²) in [6.07, 6.45) is 17.1. The molecule has 9 aromatic heterocycles. The van der Waals surface area contributed by atoms with Gasteiger partial charge in [0.25, 0.3) is 0 Å². The number of hydrogen-bond donors (Lipinski definition) is 5. The lowest BCUT2D eigenvalue weighted by Gasteiger charge is -2.29. The molecule has 0 saturated carbocycles. The van der Waals surface area contributed by atoms with Crippen molar-refractivity contribution in [1.82, 2.24) is 88.6 Å². The van der Waals surface area contributed by atoms with E-state index in [-0.39, 0.29) is 55.6 Å². The van der Waals surface area contributed by atoms with E-state index >= 15 is 0 Å². The number of nitrogens with one attached hydrogen (secondary N) is 4. The van der Waals surface area contributed by atoms with Crippen LogP contribution in [0.2, 0.25) is 15.1 Å². The van der Waals surface area contributed by atoms with Crippen molar-refractivity contribution in [3.05, 3.63) is 265 Å². The summed E-state index contributed by atoms with van der Waals surface area (Å²) in [4.78, 5) is 92.3. The van der Waals surface area contributed by atoms with Gasteiger partial charge in [-0.2, -0.15) is 0 Å². The Bertz CT molecular complexity index is 7170. The Hall–Kier alpha value is -12.7. The summed E-state index contributed by atoms with van der Waals surface area (Å²) in [5.74, 6) is 1.07. The molecular weight excluding hydrogens is 1860 g/mol. The predicted molar refractivity (Wildman–Crippen MR) is 519 cm³/mol. The van der Waals surface area contributed by atoms with Crippen LogP contribution in [0.25, 0.3) is 82.9 Å². The lowest BCUT2D eigenvalue weighted by Crippen LogP contribution is -2.33. The zero-order valence-corrected chi connectivity index (χ0v) is 79.7. The first-order valence-electron chi connectivity index (χ1n) is 45.6. The van der Waals surface area contributed by atoms with Gasteiger partial charge in [-0.3, -0.25) is 9.80 Å². The molecule has 3 fully saturated rings. The molecule has 5 N–H and O–H groups in total. The molecule has 21 rings (SSSR count). The van der Waals surface area contributed by atoms with Gasteiger partial charge >= 0.3 is 17.9 Å². The number of halogens is 7. The summed E-state index contributed by atoms with van der Waals surface area (Å²) in [7, 11) is 0. The number of ether oxygens (including phenoxy) is 8. The van der Waals surface area contributed by atoms with Gasteiger partial charge in [0.1, 0.15) is 65.9 Å². The normalized spacial score (nSPS) is 16.8. The van der Waals surface area contributed by atoms with E-state index < -0.39 is 34.6 Å². The number of hydrogen-bond acceptors (Lipinski definition) is 23. The first kappa shape index (κ1) is 95.6. The molecule has 0 unspecified atom stereocenters. The number of esters is 2. The minimum atomic E-state index is -0.961. The number of carboxylic acids is 1. The highest BCUT2D eigenvalue weighted by Crippen LogP contribution is 2.37. The molecule has 0 radical (unpaired) electrons. The third-order valence-corrected chi connectivity index (χ3v) is 25.2. The Morgan fingerprint density at radius 3 is 1.13 bits per heavy atom. The number of carbonyl (C=O) groups excluding carboxylic acids is 2. The van der Waals surface area contributed by atoms with Crippen LogP contribution in [0.3, 0.4) is 0 Å². The number of rotatable bonds is 26. The minimum absolute atomic E-state index is 0.000403. The molecule has 0 spiro atoms. The van der Waals surface area contributed by atoms with Crippen LogP contribution >= 0.6 is 46.4 Å². The van der Waals surface area contributed by atoms with Crippen molar-refractivity contribution in [3.63, 3.8) is 0 Å². The molecule has 6 aliphatic rings. The maximum atomic E-state index is 14.4. The molecule has 15 heterocycles. The van der Waals surface area contributed by atoms with Gasteiger partial charge in [0.15, 0.2) is 16.6 Å². The highest BCUT2D eigenvalue weighted by Gasteiger charge is 2.31. The Balaban J connectivity index is 0.000000128. The van der Waals surface area contributed by atoms with Gasteiger partial charge in [0.2, 0.25) is 17.6 Å². The lowest BCUT2D eigenvalue weighted by atomic mass is 10.0. The molecule has 0 amide bonds. The number of H-pyrrole nitrogens is 3. The minimum Gasteiger partial charge on any atom is -0.478 e. The molecule has 30 nitrogen and oxygen atoms in total. The zero-order chi connectivity index (χ0) is 96.0. The predicted octanol–water partition coefficient (Wildman–Crippen LogP) is 19.4. The number of carboxylic acid groups (broad SMARTS) is 1. The number of aromatic carboxylic acids is 1. The van der Waals surface area contributed by atoms with E-state index in [9.17, 15) is 32.7 Å². The summed E-state index contributed by atoms with van der Waals surface area (Å²) in [5, 5.41) is 13.8. The number of alkyl halides is 1. The lowest BCUT2D eigenvalue weighted by molar-refractivity contribution is -0.0593. The van der Waals surface area contributed by atoms with Gasteiger partial charge in [0.05, 0.1) is 159 Å². The first-order chi connectivity index (χ1) is 66.6. The van der Waals surface area contributed by atoms with Crippen molar-refractivity contribution < 1.29 is 70.6 Å². The topological polar surface area (TPSA) is 342 Å². The van der Waals surface area contributed by atoms with E-state index in [1.54, 1.807) is 85.7 Å². The van der Waals surface area contributed by atoms with E-state index in [1.165, 1.54) is 18.2 Å². The Kier molecular flexibility index (Phi) is 29.1. The number of aromatic amines is 3. The molecule has 138 heavy (non-hydrogen) atoms. The number of benzene rings is 6. The van der Waals surface area contributed by atoms with E-state index in [4.69, 9.17) is 104 Å². The van der Waals surface area contributed by atoms with Crippen LogP contribution in [-0.2, 0) is 82.1 Å². The molecule has 0 bridgehead atoms. The molecule has 0 aliphatic carbocycles. The number of aromatic nitrogens is 15. The standard InChI is InChI=1S/C35H36ClFN6O4.C31H28ClFN6O4.C18H16ClFN4O.C17H21ClN2O3/c1-35(2,3)47-34(44)22-5-7-27-30(14-22)43(17-25-10-13-45-25)31(40-27)18-42-11-8-21(9-12-42)28-16-29-32(39-20-38-29)33(41-28)46-19-23-4-6-24(36)15-26(23)37;32-21-3-1-20(23(33)12-21)16-43-30-29-26(34-17-35-29)13-25(37-30)18-5-8-38(9-6-18)15-28-36-24-4-2-19(31(40)41)11-27(24)39(28)14-22-7-10-42-22;19-13-2-1-12(14(20)7-13)9-25-18-17-16(22-10-23-17)8-15(24-18)11-3-5-21-6-4-11;1-17(2,3)23-16(21)11-4-5-13-14(8-11)20(15(9-18)19-13)10-12-6-7-22-12/h4-8,14-16,20,25H,9-13,17-19H2,1-3H3,(H,38,39);1-5,11-13,17,22H,6-10,14-16H2,(H,34,35)(H,40,41);1-3,7-8,10,21H,4-6,9H2,(H,22,23);4-5,8,12H,6-7,9-10H2,1-3H3/t25-;22-;;12-/m00.0/s1. The zero-order valence-electron chi connectivity index (χ0n) is 76.6. The summed E-state index contributed by atoms with van der Waals surface area (Å²) >= 11 is 23.6. The summed E-state index contributed by atoms with van der Waals surface area (Å²) in [6, 6.07) is 35.4. The molecule has 6 aromatic carbocycles. The van der Waals surface area contributed by atoms with Crippen LogP contribution < -0.4 is 19.5 Å². The molecule has 3 saturated heterocycles. The highest BCUT2D eigenvalue weighted by molar-refractivity contribution is 6.31. The van der Waals surface area contributed by atoms with Crippen LogP contribution in [0.4, 0.5) is 13.2 Å². The number of nitrogens with zero attached hydrogens (tertiary/aromatic N) is 14. The average molecular weight is 1960 g/mol. The number of carbonyl (C=O) groups is 3. The molecule has 37 heteroatoms. The molecule has 716 valence electrons. The van der Waals surface area contributed by atoms with Gasteiger partial charge in [-0.1, -0.05) is 71.2 Å². The Morgan fingerprint density at radius 2 is 0.812 bits per heavy atom. The van der Waals surface area contributed by atoms with Crippen LogP contribution in [0, 0.1) is 17.5 Å². The van der Waals surface area contributed by atoms with Crippen molar-refractivity contribution in [2.75, 3.05) is 59.1 Å². The third kappa shape index (κ3) is 22.8. The molecule has 6 aliphatic heterocycles. The molecular formula is C101H101Cl4F3N18O12. The fourth-order valence-corrected chi connectivity index (χ4v) is 17.4. The van der Waals surface area contributed by atoms with Crippen LogP contribution in [0.15, 0.2) is 165 Å².